The fourth-order valence-corrected chi connectivity index (χ4v) is 6.66. The summed E-state index contributed by atoms with van der Waals surface area (Å²) in [5, 5.41) is 5.85. The maximum Gasteiger partial charge on any atom is 0.286 e. The maximum absolute atomic E-state index is 13.3. The van der Waals surface area contributed by atoms with Crippen LogP contribution in [0.25, 0.3) is 0 Å². The summed E-state index contributed by atoms with van der Waals surface area (Å²) in [4.78, 5) is 38.1. The van der Waals surface area contributed by atoms with Gasteiger partial charge in [-0.1, -0.05) is 37.8 Å². The third kappa shape index (κ3) is 8.11. The predicted molar refractivity (Wildman–Crippen MR) is 164 cm³/mol. The first-order chi connectivity index (χ1) is 20.5. The minimum atomic E-state index is -0.582. The van der Waals surface area contributed by atoms with Crippen LogP contribution in [0, 0.1) is 22.7 Å². The number of anilines is 1. The van der Waals surface area contributed by atoms with Crippen LogP contribution in [-0.2, 0) is 4.79 Å². The quantitative estimate of drug-likeness (QED) is 0.219. The van der Waals surface area contributed by atoms with Gasteiger partial charge in [-0.3, -0.25) is 9.59 Å². The Morgan fingerprint density at radius 2 is 1.69 bits per heavy atom. The summed E-state index contributed by atoms with van der Waals surface area (Å²) < 4.78 is 11.7. The van der Waals surface area contributed by atoms with Crippen LogP contribution in [0.5, 0.6) is 11.5 Å². The number of hydrogen-bond donors (Lipinski definition) is 1. The topological polar surface area (TPSA) is 97.3 Å². The van der Waals surface area contributed by atoms with E-state index in [0.717, 1.165) is 68.1 Å². The van der Waals surface area contributed by atoms with Crippen molar-refractivity contribution in [2.45, 2.75) is 76.5 Å². The zero-order chi connectivity index (χ0) is 29.3. The van der Waals surface area contributed by atoms with Gasteiger partial charge in [0.05, 0.1) is 25.0 Å². The molecule has 2 aromatic rings. The molecule has 2 aliphatic carbocycles. The Kier molecular flexibility index (Phi) is 10.5. The van der Waals surface area contributed by atoms with E-state index in [1.165, 1.54) is 38.5 Å². The normalized spacial score (nSPS) is 19.0. The van der Waals surface area contributed by atoms with Crippen molar-refractivity contribution in [1.29, 1.82) is 0 Å². The highest BCUT2D eigenvalue weighted by Gasteiger charge is 2.34. The number of hydrogen-bond acceptors (Lipinski definition) is 6. The highest BCUT2D eigenvalue weighted by Crippen LogP contribution is 2.45. The summed E-state index contributed by atoms with van der Waals surface area (Å²) in [5.74, 6) is 2.42. The minimum absolute atomic E-state index is 0.00244. The molecule has 226 valence electrons. The number of amides is 2. The maximum atomic E-state index is 13.3. The lowest BCUT2D eigenvalue weighted by atomic mass is 9.90. The van der Waals surface area contributed by atoms with E-state index in [4.69, 9.17) is 9.47 Å². The van der Waals surface area contributed by atoms with Gasteiger partial charge in [-0.25, -0.2) is 0 Å². The molecule has 1 atom stereocenters. The molecular weight excluding hydrogens is 530 g/mol. The Balaban J connectivity index is 1.16. The molecule has 0 radical (unpaired) electrons. The monoisotopic (exact) mass is 575 g/mol. The van der Waals surface area contributed by atoms with E-state index < -0.39 is 5.91 Å². The fraction of sp³-hybridized carbons (Fsp3) is 0.588. The third-order valence-electron chi connectivity index (χ3n) is 9.39. The van der Waals surface area contributed by atoms with Crippen molar-refractivity contribution in [2.75, 3.05) is 38.3 Å². The van der Waals surface area contributed by atoms with Crippen molar-refractivity contribution in [1.82, 2.24) is 5.32 Å². The number of piperidine rings is 1. The van der Waals surface area contributed by atoms with Crippen LogP contribution in [0.15, 0.2) is 47.6 Å². The van der Waals surface area contributed by atoms with Crippen LogP contribution in [0.2, 0.25) is 0 Å². The average Bonchev–Trinajstić information content (AvgIpc) is 3.90. The summed E-state index contributed by atoms with van der Waals surface area (Å²) in [7, 11) is 1.66. The number of carbonyl (C=O) groups is 2. The summed E-state index contributed by atoms with van der Waals surface area (Å²) in [6.45, 7) is 3.05. The van der Waals surface area contributed by atoms with Gasteiger partial charge in [0, 0.05) is 37.3 Å². The Morgan fingerprint density at radius 3 is 2.38 bits per heavy atom. The van der Waals surface area contributed by atoms with Crippen molar-refractivity contribution in [3.63, 3.8) is 0 Å². The third-order valence-corrected chi connectivity index (χ3v) is 9.39. The molecule has 3 fully saturated rings. The highest BCUT2D eigenvalue weighted by molar-refractivity contribution is 6.00. The summed E-state index contributed by atoms with van der Waals surface area (Å²) in [5.41, 5.74) is 2.69. The second-order valence-corrected chi connectivity index (χ2v) is 12.4. The van der Waals surface area contributed by atoms with Crippen molar-refractivity contribution in [3.05, 3.63) is 58.5 Å². The number of nitrogens with zero attached hydrogens (tertiary/aromatic N) is 2. The molecule has 0 aromatic heterocycles. The van der Waals surface area contributed by atoms with Crippen LogP contribution in [0.1, 0.15) is 92.5 Å². The molecule has 1 aliphatic heterocycles. The van der Waals surface area contributed by atoms with E-state index in [1.807, 2.05) is 42.5 Å². The molecule has 1 saturated heterocycles. The van der Waals surface area contributed by atoms with Crippen molar-refractivity contribution in [2.24, 2.45) is 22.9 Å². The zero-order valence-corrected chi connectivity index (χ0v) is 24.9. The largest absolute Gasteiger partial charge is 0.497 e. The predicted octanol–water partition coefficient (Wildman–Crippen LogP) is 6.87. The van der Waals surface area contributed by atoms with E-state index in [1.54, 1.807) is 7.11 Å². The minimum Gasteiger partial charge on any atom is -0.497 e. The molecule has 42 heavy (non-hydrogen) atoms. The van der Waals surface area contributed by atoms with Crippen LogP contribution >= 0.6 is 0 Å². The summed E-state index contributed by atoms with van der Waals surface area (Å²) in [6, 6.07) is 13.7. The van der Waals surface area contributed by atoms with Crippen LogP contribution in [0.4, 0.5) is 5.69 Å². The molecule has 2 saturated carbocycles. The van der Waals surface area contributed by atoms with Gasteiger partial charge in [0.15, 0.2) is 0 Å². The van der Waals surface area contributed by atoms with Gasteiger partial charge in [0.2, 0.25) is 0 Å². The van der Waals surface area contributed by atoms with Crippen molar-refractivity contribution >= 4 is 17.5 Å². The van der Waals surface area contributed by atoms with Gasteiger partial charge in [0.25, 0.3) is 11.8 Å². The molecule has 1 unspecified atom stereocenters. The molecule has 2 aromatic carbocycles. The Labute approximate surface area is 249 Å². The number of nitrogens with one attached hydrogen (secondary N) is 1. The second-order valence-electron chi connectivity index (χ2n) is 12.4. The number of nitroso groups, excluding NO2 is 1. The molecule has 2 amide bonds. The van der Waals surface area contributed by atoms with Crippen molar-refractivity contribution in [3.8, 4) is 11.5 Å². The molecule has 0 spiro atoms. The molecule has 5 rings (SSSR count). The van der Waals surface area contributed by atoms with Gasteiger partial charge in [0.1, 0.15) is 11.5 Å². The Hall–Kier alpha value is -3.42. The van der Waals surface area contributed by atoms with E-state index in [0.29, 0.717) is 29.9 Å². The molecule has 8 nitrogen and oxygen atoms in total. The summed E-state index contributed by atoms with van der Waals surface area (Å²) in [6.07, 6.45) is 11.8. The lowest BCUT2D eigenvalue weighted by molar-refractivity contribution is -0.118. The van der Waals surface area contributed by atoms with E-state index in [9.17, 15) is 14.5 Å². The first-order valence-electron chi connectivity index (χ1n) is 15.8. The molecule has 8 heteroatoms. The van der Waals surface area contributed by atoms with E-state index in [2.05, 4.69) is 15.4 Å². The second kappa shape index (κ2) is 14.7. The highest BCUT2D eigenvalue weighted by atomic mass is 16.5. The van der Waals surface area contributed by atoms with Gasteiger partial charge in [-0.05, 0) is 92.0 Å². The van der Waals surface area contributed by atoms with Gasteiger partial charge >= 0.3 is 0 Å². The number of ether oxygens (including phenoxy) is 2. The molecular formula is C34H45N3O5. The first-order valence-corrected chi connectivity index (χ1v) is 15.8. The molecule has 0 bridgehead atoms. The molecule has 1 heterocycles. The SMILES string of the molecule is COc1ccc(C(=O)NCC2CCCCCC2)c(N2CCC(COc3cccc(C(CC(=O)N=O)C4CC4)c3)CC2)c1. The fourth-order valence-electron chi connectivity index (χ4n) is 6.66. The van der Waals surface area contributed by atoms with Gasteiger partial charge in [-0.15, -0.1) is 4.91 Å². The lowest BCUT2D eigenvalue weighted by Crippen LogP contribution is -2.37. The van der Waals surface area contributed by atoms with Crippen LogP contribution < -0.4 is 19.7 Å². The standard InChI is InChI=1S/C34H45N3O5/c1-41-28-13-14-30(34(39)35-22-24-7-4-2-3-5-8-24)32(20-28)37-17-15-25(16-18-37)23-42-29-10-6-9-27(19-29)31(26-11-12-26)21-33(38)36-40/h6,9-10,13-14,19-20,24-26,31H,2-5,7-8,11-12,15-18,21-23H2,1H3,(H,35,39). The van der Waals surface area contributed by atoms with Gasteiger partial charge < -0.3 is 19.7 Å². The number of rotatable bonds is 12. The van der Waals surface area contributed by atoms with Crippen LogP contribution in [-0.4, -0.2) is 45.2 Å². The average molecular weight is 576 g/mol. The first kappa shape index (κ1) is 30.1. The number of benzene rings is 2. The molecule has 3 aliphatic rings. The zero-order valence-electron chi connectivity index (χ0n) is 24.9. The number of carbonyl (C=O) groups excluding carboxylic acids is 2. The van der Waals surface area contributed by atoms with Crippen LogP contribution in [0.3, 0.4) is 0 Å². The smallest absolute Gasteiger partial charge is 0.286 e. The Morgan fingerprint density at radius 1 is 0.929 bits per heavy atom. The Bertz CT molecular complexity index is 1210. The van der Waals surface area contributed by atoms with E-state index in [-0.39, 0.29) is 18.2 Å². The molecule has 1 N–H and O–H groups in total. The van der Waals surface area contributed by atoms with Gasteiger partial charge in [-0.2, -0.15) is 0 Å². The van der Waals surface area contributed by atoms with E-state index >= 15 is 0 Å². The summed E-state index contributed by atoms with van der Waals surface area (Å²) >= 11 is 0. The number of methoxy groups -OCH3 is 1. The lowest BCUT2D eigenvalue weighted by Gasteiger charge is -2.34. The van der Waals surface area contributed by atoms with Crippen molar-refractivity contribution < 1.29 is 19.1 Å².